The molecule has 1 aliphatic rings. The maximum atomic E-state index is 12.6. The Hall–Kier alpha value is -3.48. The molecule has 7 nitrogen and oxygen atoms in total. The highest BCUT2D eigenvalue weighted by molar-refractivity contribution is 6.22. The maximum Gasteiger partial charge on any atom is 0.329 e. The molecule has 0 aliphatic carbocycles. The van der Waals surface area contributed by atoms with Gasteiger partial charge >= 0.3 is 11.9 Å². The van der Waals surface area contributed by atoms with Gasteiger partial charge in [0.2, 0.25) is 0 Å². The molecule has 0 aromatic heterocycles. The fraction of sp³-hybridized carbons (Fsp3) is 0.238. The molecular formula is C21H19NO6. The van der Waals surface area contributed by atoms with Crippen molar-refractivity contribution >= 4 is 23.8 Å². The average Bonchev–Trinajstić information content (AvgIpc) is 2.98. The lowest BCUT2D eigenvalue weighted by molar-refractivity contribution is -0.148. The van der Waals surface area contributed by atoms with Crippen LogP contribution < -0.4 is 0 Å². The molecule has 0 radical (unpaired) electrons. The van der Waals surface area contributed by atoms with E-state index in [1.54, 1.807) is 12.1 Å². The molecule has 0 fully saturated rings. The molecule has 2 aromatic rings. The van der Waals surface area contributed by atoms with Crippen LogP contribution in [0.2, 0.25) is 0 Å². The number of esters is 2. The summed E-state index contributed by atoms with van der Waals surface area (Å²) in [6.07, 6.45) is -0.216. The summed E-state index contributed by atoms with van der Waals surface area (Å²) in [4.78, 5) is 50.4. The Morgan fingerprint density at radius 1 is 0.929 bits per heavy atom. The van der Waals surface area contributed by atoms with Gasteiger partial charge in [-0.2, -0.15) is 0 Å². The van der Waals surface area contributed by atoms with E-state index in [0.29, 0.717) is 0 Å². The summed E-state index contributed by atoms with van der Waals surface area (Å²) in [6.45, 7) is 0.107. The van der Waals surface area contributed by atoms with Crippen molar-refractivity contribution in [1.29, 1.82) is 0 Å². The number of carbonyl (C=O) groups excluding carboxylic acids is 4. The molecule has 0 saturated heterocycles. The number of hydrogen-bond acceptors (Lipinski definition) is 6. The monoisotopic (exact) mass is 381 g/mol. The third-order valence-corrected chi connectivity index (χ3v) is 4.47. The van der Waals surface area contributed by atoms with E-state index in [-0.39, 0.29) is 30.6 Å². The molecule has 0 saturated carbocycles. The predicted molar refractivity (Wildman–Crippen MR) is 98.2 cm³/mol. The highest BCUT2D eigenvalue weighted by Gasteiger charge is 2.43. The Kier molecular flexibility index (Phi) is 5.84. The smallest absolute Gasteiger partial charge is 0.329 e. The summed E-state index contributed by atoms with van der Waals surface area (Å²) in [5.74, 6) is -2.44. The van der Waals surface area contributed by atoms with Crippen molar-refractivity contribution in [2.24, 2.45) is 0 Å². The van der Waals surface area contributed by atoms with Gasteiger partial charge in [0.15, 0.2) is 0 Å². The number of carbonyl (C=O) groups is 4. The molecule has 2 amide bonds. The number of imide groups is 1. The Bertz CT molecular complexity index is 873. The summed E-state index contributed by atoms with van der Waals surface area (Å²) in [6, 6.07) is 14.3. The van der Waals surface area contributed by atoms with Crippen molar-refractivity contribution in [3.05, 3.63) is 71.3 Å². The van der Waals surface area contributed by atoms with Gasteiger partial charge in [-0.15, -0.1) is 0 Å². The molecule has 0 bridgehead atoms. The molecule has 0 spiro atoms. The quantitative estimate of drug-likeness (QED) is 0.540. The summed E-state index contributed by atoms with van der Waals surface area (Å²) >= 11 is 0. The van der Waals surface area contributed by atoms with Crippen molar-refractivity contribution in [3.8, 4) is 0 Å². The first-order valence-electron chi connectivity index (χ1n) is 8.77. The van der Waals surface area contributed by atoms with E-state index in [2.05, 4.69) is 0 Å². The lowest BCUT2D eigenvalue weighted by atomic mass is 10.1. The van der Waals surface area contributed by atoms with Crippen molar-refractivity contribution in [1.82, 2.24) is 4.90 Å². The van der Waals surface area contributed by atoms with Crippen molar-refractivity contribution in [2.75, 3.05) is 7.11 Å². The van der Waals surface area contributed by atoms with Crippen LogP contribution in [0.5, 0.6) is 0 Å². The van der Waals surface area contributed by atoms with Crippen LogP contribution in [0.3, 0.4) is 0 Å². The summed E-state index contributed by atoms with van der Waals surface area (Å²) in [5, 5.41) is 0. The zero-order valence-corrected chi connectivity index (χ0v) is 15.3. The molecular weight excluding hydrogens is 362 g/mol. The number of rotatable bonds is 7. The molecule has 0 N–H and O–H groups in total. The average molecular weight is 381 g/mol. The number of fused-ring (bicyclic) bond motifs is 1. The Morgan fingerprint density at radius 3 is 2.07 bits per heavy atom. The fourth-order valence-corrected chi connectivity index (χ4v) is 3.04. The van der Waals surface area contributed by atoms with E-state index in [1.165, 1.54) is 19.2 Å². The molecule has 7 heteroatoms. The normalized spacial score (nSPS) is 13.8. The highest BCUT2D eigenvalue weighted by Crippen LogP contribution is 2.26. The highest BCUT2D eigenvalue weighted by atomic mass is 16.5. The maximum absolute atomic E-state index is 12.6. The van der Waals surface area contributed by atoms with Gasteiger partial charge in [0.05, 0.1) is 18.2 Å². The lowest BCUT2D eigenvalue weighted by Crippen LogP contribution is -2.45. The topological polar surface area (TPSA) is 90.0 Å². The summed E-state index contributed by atoms with van der Waals surface area (Å²) in [7, 11) is 1.17. The molecule has 0 unspecified atom stereocenters. The standard InChI is InChI=1S/C21H19NO6/c1-27-21(26)17(11-12-18(23)28-13-14-7-3-2-4-8-14)22-19(24)15-9-5-6-10-16(15)20(22)25/h2-10,17H,11-13H2,1H3/t17-/m0/s1. The van der Waals surface area contributed by atoms with Crippen molar-refractivity contribution < 1.29 is 28.7 Å². The second-order valence-electron chi connectivity index (χ2n) is 6.25. The van der Waals surface area contributed by atoms with E-state index in [1.807, 2.05) is 30.3 Å². The second kappa shape index (κ2) is 8.47. The summed E-state index contributed by atoms with van der Waals surface area (Å²) in [5.41, 5.74) is 1.29. The van der Waals surface area contributed by atoms with Gasteiger partial charge in [0, 0.05) is 6.42 Å². The van der Waals surface area contributed by atoms with Gasteiger partial charge in [-0.1, -0.05) is 42.5 Å². The fourth-order valence-electron chi connectivity index (χ4n) is 3.04. The van der Waals surface area contributed by atoms with Crippen molar-refractivity contribution in [2.45, 2.75) is 25.5 Å². The first-order chi connectivity index (χ1) is 13.5. The summed E-state index contributed by atoms with van der Waals surface area (Å²) < 4.78 is 9.94. The number of benzene rings is 2. The van der Waals surface area contributed by atoms with E-state index in [4.69, 9.17) is 9.47 Å². The minimum atomic E-state index is -1.19. The Morgan fingerprint density at radius 2 is 1.50 bits per heavy atom. The molecule has 1 heterocycles. The largest absolute Gasteiger partial charge is 0.467 e. The number of nitrogens with zero attached hydrogens (tertiary/aromatic N) is 1. The van der Waals surface area contributed by atoms with E-state index >= 15 is 0 Å². The van der Waals surface area contributed by atoms with Crippen LogP contribution in [0.15, 0.2) is 54.6 Å². The van der Waals surface area contributed by atoms with E-state index in [9.17, 15) is 19.2 Å². The first kappa shape index (κ1) is 19.3. The van der Waals surface area contributed by atoms with Crippen LogP contribution in [-0.2, 0) is 25.7 Å². The molecule has 1 aliphatic heterocycles. The van der Waals surface area contributed by atoms with E-state index < -0.39 is 29.8 Å². The van der Waals surface area contributed by atoms with Gasteiger partial charge in [-0.25, -0.2) is 4.79 Å². The zero-order chi connectivity index (χ0) is 20.1. The lowest BCUT2D eigenvalue weighted by Gasteiger charge is -2.23. The van der Waals surface area contributed by atoms with Gasteiger partial charge in [0.25, 0.3) is 11.8 Å². The van der Waals surface area contributed by atoms with Gasteiger partial charge in [-0.05, 0) is 24.1 Å². The molecule has 3 rings (SSSR count). The van der Waals surface area contributed by atoms with Crippen LogP contribution >= 0.6 is 0 Å². The molecule has 144 valence electrons. The van der Waals surface area contributed by atoms with Gasteiger partial charge in [-0.3, -0.25) is 19.3 Å². The number of hydrogen-bond donors (Lipinski definition) is 0. The Balaban J connectivity index is 1.66. The zero-order valence-electron chi connectivity index (χ0n) is 15.3. The predicted octanol–water partition coefficient (Wildman–Crippen LogP) is 2.35. The van der Waals surface area contributed by atoms with Crippen LogP contribution in [0, 0.1) is 0 Å². The van der Waals surface area contributed by atoms with Crippen LogP contribution in [0.25, 0.3) is 0 Å². The number of ether oxygens (including phenoxy) is 2. The van der Waals surface area contributed by atoms with Crippen LogP contribution in [-0.4, -0.2) is 41.8 Å². The van der Waals surface area contributed by atoms with Crippen LogP contribution in [0.4, 0.5) is 0 Å². The number of amides is 2. The van der Waals surface area contributed by atoms with Crippen molar-refractivity contribution in [3.63, 3.8) is 0 Å². The number of methoxy groups -OCH3 is 1. The molecule has 1 atom stereocenters. The van der Waals surface area contributed by atoms with E-state index in [0.717, 1.165) is 10.5 Å². The van der Waals surface area contributed by atoms with Gasteiger partial charge < -0.3 is 9.47 Å². The third-order valence-electron chi connectivity index (χ3n) is 4.47. The molecule has 2 aromatic carbocycles. The minimum Gasteiger partial charge on any atom is -0.467 e. The minimum absolute atomic E-state index is 0.0776. The SMILES string of the molecule is COC(=O)[C@H](CCC(=O)OCc1ccccc1)N1C(=O)c2ccccc2C1=O. The Labute approximate surface area is 161 Å². The van der Waals surface area contributed by atoms with Crippen LogP contribution in [0.1, 0.15) is 39.1 Å². The van der Waals surface area contributed by atoms with Gasteiger partial charge in [0.1, 0.15) is 12.6 Å². The third kappa shape index (κ3) is 3.93. The molecule has 28 heavy (non-hydrogen) atoms. The first-order valence-corrected chi connectivity index (χ1v) is 8.77. The second-order valence-corrected chi connectivity index (χ2v) is 6.25.